The molecule has 2 rings (SSSR count). The minimum atomic E-state index is -0.466. The van der Waals surface area contributed by atoms with Gasteiger partial charge in [-0.2, -0.15) is 0 Å². The van der Waals surface area contributed by atoms with Crippen molar-refractivity contribution in [3.05, 3.63) is 21.4 Å². The van der Waals surface area contributed by atoms with E-state index in [-0.39, 0.29) is 12.7 Å². The van der Waals surface area contributed by atoms with Crippen LogP contribution in [0.4, 0.5) is 4.79 Å². The van der Waals surface area contributed by atoms with E-state index in [0.717, 1.165) is 17.5 Å². The van der Waals surface area contributed by atoms with Crippen molar-refractivity contribution in [1.82, 2.24) is 4.90 Å². The third-order valence-electron chi connectivity index (χ3n) is 2.85. The summed E-state index contributed by atoms with van der Waals surface area (Å²) in [6.07, 6.45) is 0.572. The number of carbonyl (C=O) groups is 1. The average molecular weight is 269 g/mol. The lowest BCUT2D eigenvalue weighted by molar-refractivity contribution is 0.0224. The van der Waals surface area contributed by atoms with Crippen LogP contribution in [0.15, 0.2) is 5.38 Å². The van der Waals surface area contributed by atoms with Crippen molar-refractivity contribution < 1.29 is 14.6 Å². The molecule has 0 fully saturated rings. The molecule has 2 heterocycles. The molecular formula is C13H19NO3S. The number of aliphatic hydroxyl groups is 1. The number of fused-ring (bicyclic) bond motifs is 1. The summed E-state index contributed by atoms with van der Waals surface area (Å²) in [4.78, 5) is 15.0. The highest BCUT2D eigenvalue weighted by atomic mass is 32.1. The summed E-state index contributed by atoms with van der Waals surface area (Å²) in [5, 5.41) is 11.2. The van der Waals surface area contributed by atoms with Crippen molar-refractivity contribution >= 4 is 17.4 Å². The number of thiophene rings is 1. The molecule has 5 heteroatoms. The molecule has 100 valence electrons. The van der Waals surface area contributed by atoms with Crippen LogP contribution >= 0.6 is 11.3 Å². The Morgan fingerprint density at radius 2 is 2.28 bits per heavy atom. The molecule has 0 radical (unpaired) electrons. The summed E-state index contributed by atoms with van der Waals surface area (Å²) in [5.74, 6) is 0. The summed E-state index contributed by atoms with van der Waals surface area (Å²) in [6, 6.07) is 0. The Morgan fingerprint density at radius 1 is 1.56 bits per heavy atom. The summed E-state index contributed by atoms with van der Waals surface area (Å²) in [7, 11) is 0. The van der Waals surface area contributed by atoms with Gasteiger partial charge in [0.15, 0.2) is 0 Å². The maximum atomic E-state index is 12.0. The van der Waals surface area contributed by atoms with E-state index >= 15 is 0 Å². The van der Waals surface area contributed by atoms with Crippen LogP contribution in [0.1, 0.15) is 36.8 Å². The number of nitrogens with zero attached hydrogens (tertiary/aromatic N) is 1. The van der Waals surface area contributed by atoms with Gasteiger partial charge in [-0.25, -0.2) is 4.79 Å². The monoisotopic (exact) mass is 269 g/mol. The summed E-state index contributed by atoms with van der Waals surface area (Å²) >= 11 is 1.66. The van der Waals surface area contributed by atoms with Gasteiger partial charge in [-0.15, -0.1) is 11.3 Å². The Kier molecular flexibility index (Phi) is 3.64. The van der Waals surface area contributed by atoms with Gasteiger partial charge in [0.25, 0.3) is 0 Å². The molecule has 0 aromatic carbocycles. The number of hydrogen-bond donors (Lipinski definition) is 1. The standard InChI is InChI=1S/C13H19NO3S/c1-13(2,3)17-12(16)14-5-4-11-10(6-14)9(7-15)8-18-11/h8,15H,4-7H2,1-3H3. The van der Waals surface area contributed by atoms with Crippen molar-refractivity contribution in [2.75, 3.05) is 6.54 Å². The predicted molar refractivity (Wildman–Crippen MR) is 70.6 cm³/mol. The second kappa shape index (κ2) is 4.90. The van der Waals surface area contributed by atoms with E-state index in [0.29, 0.717) is 13.1 Å². The fourth-order valence-corrected chi connectivity index (χ4v) is 3.03. The lowest BCUT2D eigenvalue weighted by Crippen LogP contribution is -2.39. The van der Waals surface area contributed by atoms with Gasteiger partial charge in [-0.1, -0.05) is 0 Å². The first-order valence-corrected chi connectivity index (χ1v) is 6.95. The molecule has 0 atom stereocenters. The number of amides is 1. The van der Waals surface area contributed by atoms with Crippen molar-refractivity contribution in [3.63, 3.8) is 0 Å². The minimum absolute atomic E-state index is 0.0357. The maximum Gasteiger partial charge on any atom is 0.410 e. The van der Waals surface area contributed by atoms with Crippen molar-refractivity contribution in [2.24, 2.45) is 0 Å². The van der Waals surface area contributed by atoms with Gasteiger partial charge in [-0.05, 0) is 43.7 Å². The zero-order valence-corrected chi connectivity index (χ0v) is 11.8. The van der Waals surface area contributed by atoms with Crippen LogP contribution in [-0.2, 0) is 24.3 Å². The number of hydrogen-bond acceptors (Lipinski definition) is 4. The Bertz CT molecular complexity index is 434. The van der Waals surface area contributed by atoms with Crippen LogP contribution in [0, 0.1) is 0 Å². The molecule has 1 aromatic rings. The van der Waals surface area contributed by atoms with Crippen LogP contribution in [-0.4, -0.2) is 28.2 Å². The van der Waals surface area contributed by atoms with E-state index < -0.39 is 5.60 Å². The quantitative estimate of drug-likeness (QED) is 0.852. The Morgan fingerprint density at radius 3 is 2.89 bits per heavy atom. The molecule has 1 aliphatic heterocycles. The van der Waals surface area contributed by atoms with E-state index in [1.54, 1.807) is 16.2 Å². The van der Waals surface area contributed by atoms with Gasteiger partial charge in [0.2, 0.25) is 0 Å². The smallest absolute Gasteiger partial charge is 0.410 e. The second-order valence-electron chi connectivity index (χ2n) is 5.47. The summed E-state index contributed by atoms with van der Waals surface area (Å²) in [5.41, 5.74) is 1.56. The minimum Gasteiger partial charge on any atom is -0.444 e. The third kappa shape index (κ3) is 2.84. The van der Waals surface area contributed by atoms with Gasteiger partial charge in [0.05, 0.1) is 13.2 Å². The molecular weight excluding hydrogens is 250 g/mol. The van der Waals surface area contributed by atoms with E-state index in [1.807, 2.05) is 26.2 Å². The van der Waals surface area contributed by atoms with E-state index in [9.17, 15) is 9.90 Å². The first-order chi connectivity index (χ1) is 8.40. The fraction of sp³-hybridized carbons (Fsp3) is 0.615. The molecule has 0 spiro atoms. The molecule has 0 unspecified atom stereocenters. The van der Waals surface area contributed by atoms with Crippen LogP contribution in [0.25, 0.3) is 0 Å². The first kappa shape index (κ1) is 13.4. The molecule has 1 N–H and O–H groups in total. The lowest BCUT2D eigenvalue weighted by atomic mass is 10.1. The summed E-state index contributed by atoms with van der Waals surface area (Å²) < 4.78 is 5.37. The highest BCUT2D eigenvalue weighted by Gasteiger charge is 2.27. The van der Waals surface area contributed by atoms with Crippen LogP contribution < -0.4 is 0 Å². The molecule has 4 nitrogen and oxygen atoms in total. The van der Waals surface area contributed by atoms with Crippen LogP contribution in [0.5, 0.6) is 0 Å². The van der Waals surface area contributed by atoms with Gasteiger partial charge in [0.1, 0.15) is 5.60 Å². The van der Waals surface area contributed by atoms with Gasteiger partial charge in [0, 0.05) is 11.4 Å². The van der Waals surface area contributed by atoms with Gasteiger partial charge in [-0.3, -0.25) is 0 Å². The van der Waals surface area contributed by atoms with Crippen molar-refractivity contribution in [1.29, 1.82) is 0 Å². The highest BCUT2D eigenvalue weighted by Crippen LogP contribution is 2.29. The van der Waals surface area contributed by atoms with E-state index in [4.69, 9.17) is 4.74 Å². The topological polar surface area (TPSA) is 49.8 Å². The molecule has 1 aliphatic rings. The van der Waals surface area contributed by atoms with Gasteiger partial charge >= 0.3 is 6.09 Å². The number of ether oxygens (including phenoxy) is 1. The largest absolute Gasteiger partial charge is 0.444 e. The zero-order valence-electron chi connectivity index (χ0n) is 11.0. The first-order valence-electron chi connectivity index (χ1n) is 6.07. The van der Waals surface area contributed by atoms with E-state index in [2.05, 4.69) is 0 Å². The second-order valence-corrected chi connectivity index (χ2v) is 6.44. The van der Waals surface area contributed by atoms with Crippen LogP contribution in [0.2, 0.25) is 0 Å². The molecule has 1 aromatic heterocycles. The van der Waals surface area contributed by atoms with Crippen LogP contribution in [0.3, 0.4) is 0 Å². The molecule has 0 aliphatic carbocycles. The van der Waals surface area contributed by atoms with Gasteiger partial charge < -0.3 is 14.7 Å². The lowest BCUT2D eigenvalue weighted by Gasteiger charge is -2.30. The molecule has 18 heavy (non-hydrogen) atoms. The highest BCUT2D eigenvalue weighted by molar-refractivity contribution is 7.10. The number of carbonyl (C=O) groups excluding carboxylic acids is 1. The Labute approximate surface area is 111 Å². The summed E-state index contributed by atoms with van der Waals surface area (Å²) in [6.45, 7) is 6.86. The fourth-order valence-electron chi connectivity index (χ4n) is 1.98. The molecule has 0 saturated carbocycles. The third-order valence-corrected chi connectivity index (χ3v) is 3.98. The molecule has 1 amide bonds. The Hall–Kier alpha value is -1.07. The van der Waals surface area contributed by atoms with Crippen molar-refractivity contribution in [2.45, 2.75) is 45.9 Å². The zero-order chi connectivity index (χ0) is 13.3. The normalized spacial score (nSPS) is 15.4. The number of aliphatic hydroxyl groups excluding tert-OH is 1. The Balaban J connectivity index is 2.09. The SMILES string of the molecule is CC(C)(C)OC(=O)N1CCc2scc(CO)c2C1. The molecule has 0 saturated heterocycles. The van der Waals surface area contributed by atoms with Crippen molar-refractivity contribution in [3.8, 4) is 0 Å². The molecule has 0 bridgehead atoms. The van der Waals surface area contributed by atoms with E-state index in [1.165, 1.54) is 4.88 Å². The average Bonchev–Trinajstić information content (AvgIpc) is 2.68. The maximum absolute atomic E-state index is 12.0. The predicted octanol–water partition coefficient (Wildman–Crippen LogP) is 2.53. The number of rotatable bonds is 1.